The van der Waals surface area contributed by atoms with Gasteiger partial charge in [-0.25, -0.2) is 6.57 Å². The van der Waals surface area contributed by atoms with Gasteiger partial charge in [-0.05, 0) is 6.07 Å². The van der Waals surface area contributed by atoms with Gasteiger partial charge in [-0.3, -0.25) is 9.53 Å². The molecule has 1 heterocycles. The zero-order chi connectivity index (χ0) is 18.8. The molecule has 0 amide bonds. The first-order valence-electron chi connectivity index (χ1n) is 6.11. The normalized spacial score (nSPS) is 15.4. The number of halogens is 8. The van der Waals surface area contributed by atoms with Crippen molar-refractivity contribution < 1.29 is 35.1 Å². The summed E-state index contributed by atoms with van der Waals surface area (Å²) in [5.41, 5.74) is -3.96. The number of hydrogen-bond acceptors (Lipinski definition) is 2. The molecule has 1 rings (SSSR count). The van der Waals surface area contributed by atoms with Gasteiger partial charge in [-0.1, -0.05) is 0 Å². The molecule has 0 N–H and O–H groups in total. The van der Waals surface area contributed by atoms with Crippen molar-refractivity contribution in [3.8, 4) is 6.07 Å². The smallest absolute Gasteiger partial charge is 0.292 e. The van der Waals surface area contributed by atoms with Gasteiger partial charge in [0.1, 0.15) is 12.2 Å². The maximum Gasteiger partial charge on any atom is 0.459 e. The Balaban J connectivity index is 3.03. The van der Waals surface area contributed by atoms with E-state index in [9.17, 15) is 35.1 Å². The predicted octanol–water partition coefficient (Wildman–Crippen LogP) is 4.06. The highest BCUT2D eigenvalue weighted by Gasteiger charge is 2.60. The van der Waals surface area contributed by atoms with Gasteiger partial charge in [-0.15, -0.1) is 0 Å². The second-order valence-corrected chi connectivity index (χ2v) is 4.84. The summed E-state index contributed by atoms with van der Waals surface area (Å²) in [6.07, 6.45) is -12.4. The molecule has 0 spiro atoms. The Hall–Kier alpha value is -2.37. The van der Waals surface area contributed by atoms with Crippen molar-refractivity contribution >= 4 is 0 Å². The number of alkyl halides is 8. The van der Waals surface area contributed by atoms with Gasteiger partial charge in [0.25, 0.3) is 0 Å². The van der Waals surface area contributed by atoms with Gasteiger partial charge in [-0.2, -0.15) is 45.5 Å². The number of nitriles is 1. The van der Waals surface area contributed by atoms with Gasteiger partial charge in [0.05, 0.1) is 12.8 Å². The number of nitrogens with zero attached hydrogens (tertiary/aromatic N) is 4. The molecule has 4 nitrogen and oxygen atoms in total. The molecule has 1 atom stereocenters. The Morgan fingerprint density at radius 1 is 1.12 bits per heavy atom. The van der Waals surface area contributed by atoms with Crippen molar-refractivity contribution in [3.63, 3.8) is 0 Å². The molecule has 0 bridgehead atoms. The Kier molecular flexibility index (Phi) is 5.13. The highest BCUT2D eigenvalue weighted by molar-refractivity contribution is 5.16. The molecule has 0 fully saturated rings. The van der Waals surface area contributed by atoms with Crippen LogP contribution in [0.4, 0.5) is 35.1 Å². The molecule has 24 heavy (non-hydrogen) atoms. The first-order valence-corrected chi connectivity index (χ1v) is 6.11. The molecular weight excluding hydrogens is 352 g/mol. The maximum atomic E-state index is 13.1. The quantitative estimate of drug-likeness (QED) is 0.587. The van der Waals surface area contributed by atoms with Gasteiger partial charge < -0.3 is 0 Å². The molecule has 1 aromatic rings. The van der Waals surface area contributed by atoms with E-state index in [1.165, 1.54) is 6.07 Å². The molecule has 0 saturated carbocycles. The van der Waals surface area contributed by atoms with Gasteiger partial charge in [0.2, 0.25) is 0 Å². The summed E-state index contributed by atoms with van der Waals surface area (Å²) in [6, 6.07) is 1.66. The monoisotopic (exact) mass is 360 g/mol. The van der Waals surface area contributed by atoms with E-state index in [0.29, 0.717) is 16.9 Å². The van der Waals surface area contributed by atoms with Gasteiger partial charge in [0.15, 0.2) is 6.07 Å². The van der Waals surface area contributed by atoms with Crippen LogP contribution in [0.25, 0.3) is 4.85 Å². The number of rotatable bonds is 5. The van der Waals surface area contributed by atoms with Gasteiger partial charge in [0, 0.05) is 6.20 Å². The minimum atomic E-state index is -5.91. The first kappa shape index (κ1) is 19.7. The zero-order valence-corrected chi connectivity index (χ0v) is 11.6. The van der Waals surface area contributed by atoms with Gasteiger partial charge >= 0.3 is 23.8 Å². The molecular formula is C12H8F8N4. The SMILES string of the molecule is [C-]#[N+]C(C#N)(CCC(F)(F)F)Cn1ccc(C(F)(F)C(F)(F)F)n1. The van der Waals surface area contributed by atoms with Crippen LogP contribution in [0.1, 0.15) is 18.5 Å². The molecule has 0 aromatic carbocycles. The van der Waals surface area contributed by atoms with Crippen LogP contribution in [-0.4, -0.2) is 27.7 Å². The second kappa shape index (κ2) is 6.26. The summed E-state index contributed by atoms with van der Waals surface area (Å²) in [7, 11) is 0. The van der Waals surface area contributed by atoms with Crippen LogP contribution in [0.5, 0.6) is 0 Å². The first-order chi connectivity index (χ1) is 10.8. The molecule has 1 aromatic heterocycles. The number of aromatic nitrogens is 2. The van der Waals surface area contributed by atoms with Crippen LogP contribution in [-0.2, 0) is 12.5 Å². The van der Waals surface area contributed by atoms with Crippen LogP contribution < -0.4 is 0 Å². The van der Waals surface area contributed by atoms with Crippen LogP contribution in [0.2, 0.25) is 0 Å². The van der Waals surface area contributed by atoms with E-state index in [2.05, 4.69) is 9.94 Å². The fourth-order valence-electron chi connectivity index (χ4n) is 1.67. The lowest BCUT2D eigenvalue weighted by Gasteiger charge is -2.18. The average Bonchev–Trinajstić information content (AvgIpc) is 2.90. The minimum absolute atomic E-state index is 0.323. The van der Waals surface area contributed by atoms with E-state index >= 15 is 0 Å². The lowest BCUT2D eigenvalue weighted by Crippen LogP contribution is -2.35. The molecule has 0 aliphatic rings. The summed E-state index contributed by atoms with van der Waals surface area (Å²) in [4.78, 5) is 2.77. The van der Waals surface area contributed by atoms with Crippen molar-refractivity contribution in [3.05, 3.63) is 29.4 Å². The van der Waals surface area contributed by atoms with Crippen molar-refractivity contribution in [1.82, 2.24) is 9.78 Å². The van der Waals surface area contributed by atoms with E-state index in [4.69, 9.17) is 11.8 Å². The van der Waals surface area contributed by atoms with Crippen LogP contribution in [0.3, 0.4) is 0 Å². The third-order valence-electron chi connectivity index (χ3n) is 2.99. The van der Waals surface area contributed by atoms with E-state index < -0.39 is 48.9 Å². The van der Waals surface area contributed by atoms with E-state index in [0.717, 1.165) is 0 Å². The summed E-state index contributed by atoms with van der Waals surface area (Å²) < 4.78 is 100.0. The second-order valence-electron chi connectivity index (χ2n) is 4.84. The van der Waals surface area contributed by atoms with Crippen molar-refractivity contribution in [2.24, 2.45) is 0 Å². The van der Waals surface area contributed by atoms with E-state index in [1.807, 2.05) is 0 Å². The van der Waals surface area contributed by atoms with E-state index in [1.54, 1.807) is 0 Å². The largest absolute Gasteiger partial charge is 0.459 e. The molecule has 12 heteroatoms. The molecule has 0 aliphatic heterocycles. The highest BCUT2D eigenvalue weighted by atomic mass is 19.4. The Bertz CT molecular complexity index is 644. The predicted molar refractivity (Wildman–Crippen MR) is 62.4 cm³/mol. The topological polar surface area (TPSA) is 46.0 Å². The zero-order valence-electron chi connectivity index (χ0n) is 11.6. The highest BCUT2D eigenvalue weighted by Crippen LogP contribution is 2.43. The third kappa shape index (κ3) is 4.34. The lowest BCUT2D eigenvalue weighted by atomic mass is 9.96. The van der Waals surface area contributed by atoms with E-state index in [-0.39, 0.29) is 0 Å². The van der Waals surface area contributed by atoms with Crippen LogP contribution >= 0.6 is 0 Å². The molecule has 1 unspecified atom stereocenters. The molecule has 0 radical (unpaired) electrons. The Morgan fingerprint density at radius 2 is 1.71 bits per heavy atom. The third-order valence-corrected chi connectivity index (χ3v) is 2.99. The Morgan fingerprint density at radius 3 is 2.12 bits per heavy atom. The fourth-order valence-corrected chi connectivity index (χ4v) is 1.67. The standard InChI is InChI=1S/C12H8F8N4/c1-22-9(6-21,3-4-10(13,14)15)7-24-5-2-8(23-24)11(16,17)12(18,19)20/h2,5H,3-4,7H2. The van der Waals surface area contributed by atoms with Crippen molar-refractivity contribution in [1.29, 1.82) is 5.26 Å². The summed E-state index contributed by atoms with van der Waals surface area (Å²) in [5, 5.41) is 11.9. The average molecular weight is 360 g/mol. The summed E-state index contributed by atoms with van der Waals surface area (Å²) in [5.74, 6) is -5.27. The van der Waals surface area contributed by atoms with Crippen LogP contribution in [0, 0.1) is 17.9 Å². The molecule has 132 valence electrons. The summed E-state index contributed by atoms with van der Waals surface area (Å²) >= 11 is 0. The fraction of sp³-hybridized carbons (Fsp3) is 0.583. The summed E-state index contributed by atoms with van der Waals surface area (Å²) in [6.45, 7) is 5.98. The van der Waals surface area contributed by atoms with Crippen LogP contribution in [0.15, 0.2) is 12.3 Å². The van der Waals surface area contributed by atoms with Crippen molar-refractivity contribution in [2.45, 2.75) is 43.2 Å². The van der Waals surface area contributed by atoms with Crippen molar-refractivity contribution in [2.75, 3.05) is 0 Å². The molecule has 0 aliphatic carbocycles. The molecule has 0 saturated heterocycles. The minimum Gasteiger partial charge on any atom is -0.292 e. The number of hydrogen-bond donors (Lipinski definition) is 0. The lowest BCUT2D eigenvalue weighted by molar-refractivity contribution is -0.291. The Labute approximate surface area is 130 Å². The maximum absolute atomic E-state index is 13.1.